The Morgan fingerprint density at radius 3 is 2.76 bits per heavy atom. The Labute approximate surface area is 129 Å². The molecule has 1 unspecified atom stereocenters. The molecule has 0 fully saturated rings. The van der Waals surface area contributed by atoms with Gasteiger partial charge in [0.25, 0.3) is 0 Å². The van der Waals surface area contributed by atoms with Crippen LogP contribution >= 0.6 is 11.6 Å². The van der Waals surface area contributed by atoms with Gasteiger partial charge in [0.15, 0.2) is 0 Å². The summed E-state index contributed by atoms with van der Waals surface area (Å²) in [5.41, 5.74) is 5.74. The predicted octanol–water partition coefficient (Wildman–Crippen LogP) is 4.40. The van der Waals surface area contributed by atoms with E-state index in [1.54, 1.807) is 0 Å². The van der Waals surface area contributed by atoms with Gasteiger partial charge >= 0.3 is 0 Å². The first-order chi connectivity index (χ1) is 10.1. The summed E-state index contributed by atoms with van der Waals surface area (Å²) in [6, 6.07) is 8.36. The summed E-state index contributed by atoms with van der Waals surface area (Å²) in [7, 11) is 0. The summed E-state index contributed by atoms with van der Waals surface area (Å²) >= 11 is 6.33. The largest absolute Gasteiger partial charge is 0.322 e. The van der Waals surface area contributed by atoms with Crippen molar-refractivity contribution in [3.63, 3.8) is 0 Å². The molecule has 108 valence electrons. The number of pyridine rings is 1. The minimum absolute atomic E-state index is 0.130. The SMILES string of the molecule is Cc1ccc2c(c1)nc(C(C)Cl)n2Cc1cnccc1C. The van der Waals surface area contributed by atoms with Gasteiger partial charge in [-0.25, -0.2) is 4.98 Å². The number of halogens is 1. The molecule has 2 aromatic heterocycles. The zero-order chi connectivity index (χ0) is 15.0. The lowest BCUT2D eigenvalue weighted by atomic mass is 10.1. The molecule has 4 heteroatoms. The second-order valence-electron chi connectivity index (χ2n) is 5.47. The second-order valence-corrected chi connectivity index (χ2v) is 6.12. The third-order valence-electron chi connectivity index (χ3n) is 3.76. The topological polar surface area (TPSA) is 30.7 Å². The molecule has 1 atom stereocenters. The summed E-state index contributed by atoms with van der Waals surface area (Å²) in [6.45, 7) is 6.88. The van der Waals surface area contributed by atoms with Crippen LogP contribution in [0.25, 0.3) is 11.0 Å². The zero-order valence-corrected chi connectivity index (χ0v) is 13.2. The number of aryl methyl sites for hydroxylation is 2. The molecule has 21 heavy (non-hydrogen) atoms. The molecular formula is C17H18ClN3. The van der Waals surface area contributed by atoms with Crippen LogP contribution in [0.3, 0.4) is 0 Å². The molecule has 0 aliphatic heterocycles. The molecular weight excluding hydrogens is 282 g/mol. The molecule has 0 saturated carbocycles. The Bertz CT molecular complexity index is 790. The van der Waals surface area contributed by atoms with Crippen molar-refractivity contribution in [3.05, 3.63) is 59.2 Å². The number of aromatic nitrogens is 3. The van der Waals surface area contributed by atoms with Gasteiger partial charge in [0.2, 0.25) is 0 Å². The minimum atomic E-state index is -0.130. The number of benzene rings is 1. The van der Waals surface area contributed by atoms with E-state index in [4.69, 9.17) is 16.6 Å². The maximum Gasteiger partial charge on any atom is 0.128 e. The molecule has 2 heterocycles. The van der Waals surface area contributed by atoms with Gasteiger partial charge in [-0.05, 0) is 55.7 Å². The number of imidazole rings is 1. The first-order valence-electron chi connectivity index (χ1n) is 7.06. The highest BCUT2D eigenvalue weighted by atomic mass is 35.5. The first-order valence-corrected chi connectivity index (χ1v) is 7.50. The van der Waals surface area contributed by atoms with E-state index in [1.807, 2.05) is 25.4 Å². The Morgan fingerprint density at radius 1 is 1.24 bits per heavy atom. The summed E-state index contributed by atoms with van der Waals surface area (Å²) in [6.07, 6.45) is 3.73. The van der Waals surface area contributed by atoms with E-state index in [-0.39, 0.29) is 5.38 Å². The Balaban J connectivity index is 2.16. The smallest absolute Gasteiger partial charge is 0.128 e. The average Bonchev–Trinajstić information content (AvgIpc) is 2.79. The van der Waals surface area contributed by atoms with Crippen LogP contribution in [0.2, 0.25) is 0 Å². The monoisotopic (exact) mass is 299 g/mol. The van der Waals surface area contributed by atoms with E-state index < -0.39 is 0 Å². The van der Waals surface area contributed by atoms with Crippen LogP contribution in [0.15, 0.2) is 36.7 Å². The molecule has 3 rings (SSSR count). The second kappa shape index (κ2) is 5.49. The normalized spacial score (nSPS) is 12.8. The highest BCUT2D eigenvalue weighted by Crippen LogP contribution is 2.26. The lowest BCUT2D eigenvalue weighted by molar-refractivity contribution is 0.737. The van der Waals surface area contributed by atoms with Crippen molar-refractivity contribution >= 4 is 22.6 Å². The Morgan fingerprint density at radius 2 is 2.05 bits per heavy atom. The van der Waals surface area contributed by atoms with Crippen LogP contribution in [-0.2, 0) is 6.54 Å². The van der Waals surface area contributed by atoms with E-state index in [0.717, 1.165) is 23.4 Å². The molecule has 0 aliphatic rings. The third kappa shape index (κ3) is 2.66. The van der Waals surface area contributed by atoms with E-state index in [0.29, 0.717) is 0 Å². The van der Waals surface area contributed by atoms with Gasteiger partial charge in [0, 0.05) is 12.4 Å². The van der Waals surface area contributed by atoms with E-state index in [1.165, 1.54) is 16.7 Å². The minimum Gasteiger partial charge on any atom is -0.322 e. The number of rotatable bonds is 3. The lowest BCUT2D eigenvalue weighted by Gasteiger charge is -2.12. The fourth-order valence-electron chi connectivity index (χ4n) is 2.56. The van der Waals surface area contributed by atoms with Gasteiger partial charge < -0.3 is 4.57 Å². The maximum absolute atomic E-state index is 6.33. The van der Waals surface area contributed by atoms with Crippen LogP contribution in [0.5, 0.6) is 0 Å². The predicted molar refractivity (Wildman–Crippen MR) is 86.8 cm³/mol. The standard InChI is InChI=1S/C17H18ClN3/c1-11-4-5-16-15(8-11)20-17(13(3)18)21(16)10-14-9-19-7-6-12(14)2/h4-9,13H,10H2,1-3H3. The van der Waals surface area contributed by atoms with Crippen molar-refractivity contribution in [2.75, 3.05) is 0 Å². The van der Waals surface area contributed by atoms with E-state index >= 15 is 0 Å². The van der Waals surface area contributed by atoms with Gasteiger partial charge in [-0.1, -0.05) is 6.07 Å². The number of hydrogen-bond donors (Lipinski definition) is 0. The molecule has 0 spiro atoms. The lowest BCUT2D eigenvalue weighted by Crippen LogP contribution is -2.07. The molecule has 0 saturated heterocycles. The first kappa shape index (κ1) is 14.1. The molecule has 0 radical (unpaired) electrons. The van der Waals surface area contributed by atoms with Gasteiger partial charge in [-0.2, -0.15) is 0 Å². The van der Waals surface area contributed by atoms with Crippen molar-refractivity contribution in [1.82, 2.24) is 14.5 Å². The molecule has 0 aliphatic carbocycles. The van der Waals surface area contributed by atoms with E-state index in [2.05, 4.69) is 41.6 Å². The molecule has 3 aromatic rings. The molecule has 0 N–H and O–H groups in total. The number of nitrogens with zero attached hydrogens (tertiary/aromatic N) is 3. The van der Waals surface area contributed by atoms with Crippen LogP contribution in [0, 0.1) is 13.8 Å². The quantitative estimate of drug-likeness (QED) is 0.671. The Hall–Kier alpha value is -1.87. The molecule has 0 bridgehead atoms. The molecule has 1 aromatic carbocycles. The van der Waals surface area contributed by atoms with Crippen LogP contribution in [0.1, 0.15) is 34.8 Å². The zero-order valence-electron chi connectivity index (χ0n) is 12.5. The molecule has 0 amide bonds. The highest BCUT2D eigenvalue weighted by molar-refractivity contribution is 6.20. The number of alkyl halides is 1. The summed E-state index contributed by atoms with van der Waals surface area (Å²) in [5.74, 6) is 0.903. The van der Waals surface area contributed by atoms with Gasteiger partial charge in [0.1, 0.15) is 5.82 Å². The molecule has 3 nitrogen and oxygen atoms in total. The summed E-state index contributed by atoms with van der Waals surface area (Å²) < 4.78 is 2.19. The highest BCUT2D eigenvalue weighted by Gasteiger charge is 2.15. The van der Waals surface area contributed by atoms with Crippen molar-refractivity contribution in [3.8, 4) is 0 Å². The van der Waals surface area contributed by atoms with Gasteiger partial charge in [0.05, 0.1) is 23.0 Å². The maximum atomic E-state index is 6.33. The fourth-order valence-corrected chi connectivity index (χ4v) is 2.73. The van der Waals surface area contributed by atoms with Crippen LogP contribution < -0.4 is 0 Å². The van der Waals surface area contributed by atoms with Crippen LogP contribution in [-0.4, -0.2) is 14.5 Å². The Kier molecular flexibility index (Phi) is 3.68. The summed E-state index contributed by atoms with van der Waals surface area (Å²) in [5, 5.41) is -0.130. The number of hydrogen-bond acceptors (Lipinski definition) is 2. The van der Waals surface area contributed by atoms with Crippen LogP contribution in [0.4, 0.5) is 0 Å². The van der Waals surface area contributed by atoms with Crippen molar-refractivity contribution in [2.45, 2.75) is 32.7 Å². The van der Waals surface area contributed by atoms with Crippen molar-refractivity contribution in [2.24, 2.45) is 0 Å². The van der Waals surface area contributed by atoms with Gasteiger partial charge in [-0.3, -0.25) is 4.98 Å². The van der Waals surface area contributed by atoms with Crippen molar-refractivity contribution in [1.29, 1.82) is 0 Å². The number of fused-ring (bicyclic) bond motifs is 1. The van der Waals surface area contributed by atoms with Crippen molar-refractivity contribution < 1.29 is 0 Å². The fraction of sp³-hybridized carbons (Fsp3) is 0.294. The van der Waals surface area contributed by atoms with E-state index in [9.17, 15) is 0 Å². The summed E-state index contributed by atoms with van der Waals surface area (Å²) in [4.78, 5) is 8.94. The van der Waals surface area contributed by atoms with Gasteiger partial charge in [-0.15, -0.1) is 11.6 Å². The average molecular weight is 300 g/mol. The third-order valence-corrected chi connectivity index (χ3v) is 3.96.